The molecule has 1 aromatic rings. The number of amides is 1. The fraction of sp³-hybridized carbons (Fsp3) is 0.385. The summed E-state index contributed by atoms with van der Waals surface area (Å²) >= 11 is 0. The summed E-state index contributed by atoms with van der Waals surface area (Å²) in [4.78, 5) is 22.5. The molecule has 0 aromatic heterocycles. The van der Waals surface area contributed by atoms with Crippen molar-refractivity contribution >= 4 is 11.9 Å². The van der Waals surface area contributed by atoms with Crippen LogP contribution in [0, 0.1) is 5.82 Å². The van der Waals surface area contributed by atoms with Crippen molar-refractivity contribution in [3.8, 4) is 5.75 Å². The Balaban J connectivity index is 3.11. The van der Waals surface area contributed by atoms with Crippen LogP contribution in [0.2, 0.25) is 0 Å². The number of likely N-dealkylation sites (N-methyl/N-ethyl adjacent to an activating group) is 1. The zero-order valence-corrected chi connectivity index (χ0v) is 10.8. The number of hydrogen-bond donors (Lipinski definition) is 2. The normalized spacial score (nSPS) is 11.7. The lowest BCUT2D eigenvalue weighted by Crippen LogP contribution is -2.26. The zero-order valence-electron chi connectivity index (χ0n) is 10.8. The van der Waals surface area contributed by atoms with Crippen molar-refractivity contribution in [2.24, 2.45) is 0 Å². The molecule has 19 heavy (non-hydrogen) atoms. The highest BCUT2D eigenvalue weighted by atomic mass is 19.1. The van der Waals surface area contributed by atoms with Crippen LogP contribution < -0.4 is 10.1 Å². The van der Waals surface area contributed by atoms with E-state index in [0.717, 1.165) is 0 Å². The van der Waals surface area contributed by atoms with Crippen molar-refractivity contribution in [3.63, 3.8) is 0 Å². The first kappa shape index (κ1) is 14.9. The van der Waals surface area contributed by atoms with Crippen molar-refractivity contribution < 1.29 is 23.8 Å². The third-order valence-electron chi connectivity index (χ3n) is 2.78. The largest absolute Gasteiger partial charge is 0.496 e. The lowest BCUT2D eigenvalue weighted by Gasteiger charge is -2.18. The highest BCUT2D eigenvalue weighted by Gasteiger charge is 2.24. The van der Waals surface area contributed by atoms with Gasteiger partial charge in [-0.05, 0) is 24.6 Å². The van der Waals surface area contributed by atoms with Gasteiger partial charge in [-0.2, -0.15) is 0 Å². The Morgan fingerprint density at radius 2 is 2.16 bits per heavy atom. The Hall–Kier alpha value is -2.11. The van der Waals surface area contributed by atoms with Gasteiger partial charge in [-0.25, -0.2) is 4.39 Å². The van der Waals surface area contributed by atoms with Crippen LogP contribution in [0.1, 0.15) is 24.3 Å². The Bertz CT molecular complexity index is 476. The summed E-state index contributed by atoms with van der Waals surface area (Å²) in [5, 5.41) is 11.2. The highest BCUT2D eigenvalue weighted by molar-refractivity contribution is 5.84. The van der Waals surface area contributed by atoms with E-state index in [2.05, 4.69) is 5.32 Å². The second-order valence-electron chi connectivity index (χ2n) is 3.99. The molecule has 0 aliphatic heterocycles. The van der Waals surface area contributed by atoms with Gasteiger partial charge in [-0.15, -0.1) is 0 Å². The quantitative estimate of drug-likeness (QED) is 0.821. The van der Waals surface area contributed by atoms with E-state index in [-0.39, 0.29) is 18.7 Å². The summed E-state index contributed by atoms with van der Waals surface area (Å²) in [6, 6.07) is 3.84. The number of carbonyl (C=O) groups excluding carboxylic acids is 1. The number of ether oxygens (including phenoxy) is 1. The maximum atomic E-state index is 13.3. The van der Waals surface area contributed by atoms with Gasteiger partial charge < -0.3 is 15.2 Å². The number of aliphatic carboxylic acids is 1. The third kappa shape index (κ3) is 3.94. The van der Waals surface area contributed by atoms with E-state index in [1.54, 1.807) is 0 Å². The summed E-state index contributed by atoms with van der Waals surface area (Å²) in [6.45, 7) is 0. The number of carboxylic acids is 1. The summed E-state index contributed by atoms with van der Waals surface area (Å²) in [5.74, 6) is -2.28. The van der Waals surface area contributed by atoms with Crippen LogP contribution in [0.4, 0.5) is 4.39 Å². The molecule has 0 aliphatic rings. The van der Waals surface area contributed by atoms with Crippen molar-refractivity contribution in [3.05, 3.63) is 29.6 Å². The van der Waals surface area contributed by atoms with E-state index in [1.807, 2.05) is 0 Å². The summed E-state index contributed by atoms with van der Waals surface area (Å²) < 4.78 is 18.4. The standard InChI is InChI=1S/C13H16FNO4/c1-15-13(18)9(4-6-12(16)17)10-7-8(14)3-5-11(10)19-2/h3,5,7,9H,4,6H2,1-2H3,(H,15,18)(H,16,17). The van der Waals surface area contributed by atoms with Crippen LogP contribution in [-0.4, -0.2) is 31.1 Å². The Kier molecular flexibility index (Phi) is 5.29. The van der Waals surface area contributed by atoms with Crippen molar-refractivity contribution in [1.29, 1.82) is 0 Å². The lowest BCUT2D eigenvalue weighted by atomic mass is 9.92. The molecular weight excluding hydrogens is 253 g/mol. The molecule has 6 heteroatoms. The van der Waals surface area contributed by atoms with Crippen LogP contribution in [0.15, 0.2) is 18.2 Å². The van der Waals surface area contributed by atoms with Gasteiger partial charge in [-0.3, -0.25) is 9.59 Å². The van der Waals surface area contributed by atoms with E-state index < -0.39 is 17.7 Å². The second kappa shape index (κ2) is 6.72. The first-order chi connectivity index (χ1) is 8.99. The average Bonchev–Trinajstić information content (AvgIpc) is 2.38. The number of nitrogens with one attached hydrogen (secondary N) is 1. The molecule has 0 heterocycles. The first-order valence-electron chi connectivity index (χ1n) is 5.76. The van der Waals surface area contributed by atoms with E-state index in [0.29, 0.717) is 11.3 Å². The number of carboxylic acid groups (broad SMARTS) is 1. The maximum absolute atomic E-state index is 13.3. The van der Waals surface area contributed by atoms with E-state index in [4.69, 9.17) is 9.84 Å². The van der Waals surface area contributed by atoms with E-state index >= 15 is 0 Å². The van der Waals surface area contributed by atoms with Gasteiger partial charge in [0.05, 0.1) is 13.0 Å². The topological polar surface area (TPSA) is 75.6 Å². The molecule has 1 unspecified atom stereocenters. The molecule has 1 atom stereocenters. The highest BCUT2D eigenvalue weighted by Crippen LogP contribution is 2.30. The molecule has 5 nitrogen and oxygen atoms in total. The van der Waals surface area contributed by atoms with Crippen LogP contribution in [0.25, 0.3) is 0 Å². The van der Waals surface area contributed by atoms with Crippen LogP contribution in [0.5, 0.6) is 5.75 Å². The lowest BCUT2D eigenvalue weighted by molar-refractivity contribution is -0.137. The Labute approximate surface area is 110 Å². The number of rotatable bonds is 6. The monoisotopic (exact) mass is 269 g/mol. The van der Waals surface area contributed by atoms with Gasteiger partial charge in [-0.1, -0.05) is 0 Å². The van der Waals surface area contributed by atoms with Gasteiger partial charge >= 0.3 is 5.97 Å². The molecule has 0 fully saturated rings. The predicted octanol–water partition coefficient (Wildman–Crippen LogP) is 1.53. The number of hydrogen-bond acceptors (Lipinski definition) is 3. The molecule has 0 saturated heterocycles. The minimum Gasteiger partial charge on any atom is -0.496 e. The van der Waals surface area contributed by atoms with Crippen molar-refractivity contribution in [2.45, 2.75) is 18.8 Å². The van der Waals surface area contributed by atoms with Crippen molar-refractivity contribution in [1.82, 2.24) is 5.32 Å². The zero-order chi connectivity index (χ0) is 14.4. The molecule has 0 spiro atoms. The predicted molar refractivity (Wildman–Crippen MR) is 66.6 cm³/mol. The molecule has 104 valence electrons. The first-order valence-corrected chi connectivity index (χ1v) is 5.76. The summed E-state index contributed by atoms with van der Waals surface area (Å²) in [5.41, 5.74) is 0.350. The minimum absolute atomic E-state index is 0.0782. The van der Waals surface area contributed by atoms with E-state index in [1.165, 1.54) is 32.4 Å². The fourth-order valence-corrected chi connectivity index (χ4v) is 1.85. The minimum atomic E-state index is -1.01. The number of benzene rings is 1. The molecular formula is C13H16FNO4. The van der Waals surface area contributed by atoms with Gasteiger partial charge in [0, 0.05) is 19.0 Å². The molecule has 1 amide bonds. The Morgan fingerprint density at radius 3 is 2.68 bits per heavy atom. The van der Waals surface area contributed by atoms with Crippen LogP contribution in [-0.2, 0) is 9.59 Å². The van der Waals surface area contributed by atoms with Gasteiger partial charge in [0.25, 0.3) is 0 Å². The third-order valence-corrected chi connectivity index (χ3v) is 2.78. The molecule has 0 radical (unpaired) electrons. The molecule has 1 aromatic carbocycles. The van der Waals surface area contributed by atoms with E-state index in [9.17, 15) is 14.0 Å². The number of carbonyl (C=O) groups is 2. The number of halogens is 1. The average molecular weight is 269 g/mol. The van der Waals surface area contributed by atoms with Gasteiger partial charge in [0.1, 0.15) is 11.6 Å². The smallest absolute Gasteiger partial charge is 0.303 e. The van der Waals surface area contributed by atoms with Crippen molar-refractivity contribution in [2.75, 3.05) is 14.2 Å². The molecule has 2 N–H and O–H groups in total. The van der Waals surface area contributed by atoms with Gasteiger partial charge in [0.15, 0.2) is 0 Å². The molecule has 1 rings (SSSR count). The molecule has 0 bridgehead atoms. The maximum Gasteiger partial charge on any atom is 0.303 e. The van der Waals surface area contributed by atoms with Crippen LogP contribution >= 0.6 is 0 Å². The van der Waals surface area contributed by atoms with Crippen LogP contribution in [0.3, 0.4) is 0 Å². The molecule has 0 aliphatic carbocycles. The fourth-order valence-electron chi connectivity index (χ4n) is 1.85. The SMILES string of the molecule is CNC(=O)C(CCC(=O)O)c1cc(F)ccc1OC. The van der Waals surface area contributed by atoms with Gasteiger partial charge in [0.2, 0.25) is 5.91 Å². The summed E-state index contributed by atoms with van der Waals surface area (Å²) in [7, 11) is 2.86. The molecule has 0 saturated carbocycles. The number of methoxy groups -OCH3 is 1. The second-order valence-corrected chi connectivity index (χ2v) is 3.99. The Morgan fingerprint density at radius 1 is 1.47 bits per heavy atom. The summed E-state index contributed by atoms with van der Waals surface area (Å²) in [6.07, 6.45) is -0.105.